The van der Waals surface area contributed by atoms with Crippen LogP contribution in [0.25, 0.3) is 0 Å². The van der Waals surface area contributed by atoms with Gasteiger partial charge in [0.15, 0.2) is 5.03 Å². The smallest absolute Gasteiger partial charge is 0.307 e. The molecule has 2 heterocycles. The zero-order valence-electron chi connectivity index (χ0n) is 20.5. The Morgan fingerprint density at radius 2 is 1.65 bits per heavy atom. The van der Waals surface area contributed by atoms with Crippen molar-refractivity contribution < 1.29 is 13.2 Å². The number of urea groups is 1. The Kier molecular flexibility index (Phi) is 7.51. The monoisotopic (exact) mass is 494 g/mol. The fraction of sp³-hybridized carbons (Fsp3) is 0.583. The fourth-order valence-corrected chi connectivity index (χ4v) is 6.46. The van der Waals surface area contributed by atoms with Gasteiger partial charge in [0.05, 0.1) is 5.54 Å². The average Bonchev–Trinajstić information content (AvgIpc) is 3.52. The number of anilines is 1. The van der Waals surface area contributed by atoms with E-state index < -0.39 is 16.1 Å². The standard InChI is InChI=1S/C24H33N5O3S.Na/c1-24(2,16-28-12-3-4-13-28)29-14-11-21(26-29)33(31,32)27-23(30)25-22-19-9-5-7-17(19)15-18-8-6-10-20(18)22;/h11,14-15H,3-10,12-13,16H2,1-2H3,(H2,25,27,30);. The first-order valence-corrected chi connectivity index (χ1v) is 13.5. The summed E-state index contributed by atoms with van der Waals surface area (Å²) >= 11 is 0. The van der Waals surface area contributed by atoms with Gasteiger partial charge in [-0.05, 0) is 107 Å². The van der Waals surface area contributed by atoms with Crippen LogP contribution < -0.4 is 10.0 Å². The zero-order valence-corrected chi connectivity index (χ0v) is 23.3. The number of benzene rings is 1. The maximum absolute atomic E-state index is 12.9. The molecule has 0 spiro atoms. The molecule has 1 aromatic carbocycles. The van der Waals surface area contributed by atoms with Gasteiger partial charge in [-0.25, -0.2) is 9.52 Å². The Morgan fingerprint density at radius 3 is 2.26 bits per heavy atom. The van der Waals surface area contributed by atoms with Gasteiger partial charge in [0.1, 0.15) is 0 Å². The second-order valence-corrected chi connectivity index (χ2v) is 11.8. The van der Waals surface area contributed by atoms with Crippen molar-refractivity contribution in [1.82, 2.24) is 19.4 Å². The van der Waals surface area contributed by atoms with Gasteiger partial charge in [0, 0.05) is 48.0 Å². The van der Waals surface area contributed by atoms with E-state index in [9.17, 15) is 13.2 Å². The van der Waals surface area contributed by atoms with Crippen molar-refractivity contribution in [2.45, 2.75) is 75.8 Å². The SMILES string of the molecule is CC(C)(CN1CCCC1)n1ccc(S(=O)(=O)NC(=O)Nc2c3c(cc4c2CCC4)CCC3)n1.[Na]. The van der Waals surface area contributed by atoms with Crippen LogP contribution in [0.4, 0.5) is 10.5 Å². The molecule has 1 saturated heterocycles. The number of nitrogens with one attached hydrogen (secondary N) is 2. The maximum atomic E-state index is 12.9. The number of aryl methyl sites for hydroxylation is 2. The van der Waals surface area contributed by atoms with E-state index in [0.29, 0.717) is 0 Å². The first-order chi connectivity index (χ1) is 15.7. The van der Waals surface area contributed by atoms with E-state index in [2.05, 4.69) is 26.1 Å². The number of hydrogen-bond acceptors (Lipinski definition) is 5. The second kappa shape index (κ2) is 9.93. The molecule has 0 bridgehead atoms. The summed E-state index contributed by atoms with van der Waals surface area (Å²) in [6.07, 6.45) is 10.1. The molecule has 2 amide bonds. The number of rotatable bonds is 6. The summed E-state index contributed by atoms with van der Waals surface area (Å²) in [4.78, 5) is 15.2. The first kappa shape index (κ1) is 25.7. The third-order valence-electron chi connectivity index (χ3n) is 7.21. The number of carbonyl (C=O) groups excluding carboxylic acids is 1. The third-order valence-corrected chi connectivity index (χ3v) is 8.43. The van der Waals surface area contributed by atoms with Crippen molar-refractivity contribution in [3.05, 3.63) is 40.6 Å². The molecular weight excluding hydrogens is 461 g/mol. The molecule has 34 heavy (non-hydrogen) atoms. The molecule has 1 aliphatic heterocycles. The van der Waals surface area contributed by atoms with Crippen LogP contribution in [0.5, 0.6) is 0 Å². The van der Waals surface area contributed by atoms with Crippen molar-refractivity contribution in [3.8, 4) is 0 Å². The normalized spacial score (nSPS) is 17.8. The number of sulfonamides is 1. The molecule has 1 radical (unpaired) electrons. The van der Waals surface area contributed by atoms with Gasteiger partial charge in [-0.3, -0.25) is 4.68 Å². The molecule has 5 rings (SSSR count). The minimum absolute atomic E-state index is 0. The van der Waals surface area contributed by atoms with Gasteiger partial charge in [-0.1, -0.05) is 6.07 Å². The Labute approximate surface area is 224 Å². The van der Waals surface area contributed by atoms with Crippen molar-refractivity contribution in [2.24, 2.45) is 0 Å². The van der Waals surface area contributed by atoms with Crippen LogP contribution in [0.3, 0.4) is 0 Å². The molecule has 3 aliphatic rings. The molecule has 0 unspecified atom stereocenters. The number of hydrogen-bond donors (Lipinski definition) is 2. The number of aromatic nitrogens is 2. The summed E-state index contributed by atoms with van der Waals surface area (Å²) in [5.41, 5.74) is 5.36. The predicted molar refractivity (Wildman–Crippen MR) is 133 cm³/mol. The Morgan fingerprint density at radius 1 is 1.03 bits per heavy atom. The van der Waals surface area contributed by atoms with Gasteiger partial charge in [0.2, 0.25) is 0 Å². The molecule has 2 aliphatic carbocycles. The second-order valence-electron chi connectivity index (χ2n) is 10.2. The summed E-state index contributed by atoms with van der Waals surface area (Å²) in [5.74, 6) is 0. The number of amides is 2. The molecule has 2 aromatic rings. The predicted octanol–water partition coefficient (Wildman–Crippen LogP) is 2.82. The van der Waals surface area contributed by atoms with Crippen LogP contribution in [0, 0.1) is 0 Å². The topological polar surface area (TPSA) is 96.3 Å². The first-order valence-electron chi connectivity index (χ1n) is 12.0. The van der Waals surface area contributed by atoms with Crippen LogP contribution in [0.1, 0.15) is 61.8 Å². The van der Waals surface area contributed by atoms with Gasteiger partial charge in [0.25, 0.3) is 10.0 Å². The summed E-state index contributed by atoms with van der Waals surface area (Å²) in [5, 5.41) is 7.07. The molecule has 179 valence electrons. The molecule has 1 aromatic heterocycles. The van der Waals surface area contributed by atoms with E-state index in [0.717, 1.165) is 75.0 Å². The molecule has 0 atom stereocenters. The quantitative estimate of drug-likeness (QED) is 0.602. The van der Waals surface area contributed by atoms with Crippen LogP contribution in [0.2, 0.25) is 0 Å². The van der Waals surface area contributed by atoms with Gasteiger partial charge in [-0.2, -0.15) is 13.5 Å². The Bertz CT molecular complexity index is 1150. The van der Waals surface area contributed by atoms with Crippen molar-refractivity contribution in [1.29, 1.82) is 0 Å². The maximum Gasteiger partial charge on any atom is 0.333 e. The van der Waals surface area contributed by atoms with E-state index in [1.807, 2.05) is 13.8 Å². The largest absolute Gasteiger partial charge is 0.333 e. The molecular formula is C24H33N5NaO3S. The van der Waals surface area contributed by atoms with Crippen molar-refractivity contribution in [3.63, 3.8) is 0 Å². The fourth-order valence-electron chi connectivity index (χ4n) is 5.63. The van der Waals surface area contributed by atoms with Gasteiger partial charge in [-0.15, -0.1) is 0 Å². The number of fused-ring (bicyclic) bond motifs is 2. The van der Waals surface area contributed by atoms with E-state index in [1.165, 1.54) is 30.0 Å². The molecule has 0 saturated carbocycles. The number of nitrogens with zero attached hydrogens (tertiary/aromatic N) is 3. The summed E-state index contributed by atoms with van der Waals surface area (Å²) in [6.45, 7) is 7.01. The van der Waals surface area contributed by atoms with Crippen LogP contribution >= 0.6 is 0 Å². The van der Waals surface area contributed by atoms with E-state index >= 15 is 0 Å². The van der Waals surface area contributed by atoms with Gasteiger partial charge >= 0.3 is 6.03 Å². The Balaban J connectivity index is 0.00000274. The number of carbonyl (C=O) groups is 1. The molecule has 8 nitrogen and oxygen atoms in total. The summed E-state index contributed by atoms with van der Waals surface area (Å²) in [7, 11) is -4.08. The van der Waals surface area contributed by atoms with Crippen molar-refractivity contribution >= 4 is 51.3 Å². The average molecular weight is 495 g/mol. The molecule has 2 N–H and O–H groups in total. The Hall–Kier alpha value is -1.39. The van der Waals surface area contributed by atoms with Crippen LogP contribution in [-0.2, 0) is 41.2 Å². The van der Waals surface area contributed by atoms with Crippen LogP contribution in [-0.4, -0.2) is 78.3 Å². The zero-order chi connectivity index (χ0) is 23.2. The van der Waals surface area contributed by atoms with E-state index in [1.54, 1.807) is 10.9 Å². The minimum atomic E-state index is -4.08. The molecule has 1 fully saturated rings. The third kappa shape index (κ3) is 5.09. The van der Waals surface area contributed by atoms with E-state index in [4.69, 9.17) is 0 Å². The van der Waals surface area contributed by atoms with Crippen molar-refractivity contribution in [2.75, 3.05) is 25.0 Å². The number of likely N-dealkylation sites (tertiary alicyclic amines) is 1. The van der Waals surface area contributed by atoms with Gasteiger partial charge < -0.3 is 10.2 Å². The van der Waals surface area contributed by atoms with Crippen LogP contribution in [0.15, 0.2) is 23.4 Å². The molecule has 10 heteroatoms. The van der Waals surface area contributed by atoms with E-state index in [-0.39, 0.29) is 40.1 Å². The summed E-state index contributed by atoms with van der Waals surface area (Å²) in [6, 6.07) is 3.01. The minimum Gasteiger partial charge on any atom is -0.307 e. The summed E-state index contributed by atoms with van der Waals surface area (Å²) < 4.78 is 29.7.